The summed E-state index contributed by atoms with van der Waals surface area (Å²) in [4.78, 5) is 0. The first-order valence-electron chi connectivity index (χ1n) is 14.3. The first-order chi connectivity index (χ1) is 15.8. The van der Waals surface area contributed by atoms with E-state index in [4.69, 9.17) is 9.47 Å². The van der Waals surface area contributed by atoms with Crippen LogP contribution in [0.5, 0.6) is 0 Å². The summed E-state index contributed by atoms with van der Waals surface area (Å²) < 4.78 is 11.5. The summed E-state index contributed by atoms with van der Waals surface area (Å²) in [7, 11) is 0. The Morgan fingerprint density at radius 2 is 1.00 bits per heavy atom. The van der Waals surface area contributed by atoms with E-state index in [1.807, 2.05) is 0 Å². The van der Waals surface area contributed by atoms with Crippen LogP contribution in [0.25, 0.3) is 0 Å². The maximum Gasteiger partial charge on any atom is 0.104 e. The highest BCUT2D eigenvalue weighted by Crippen LogP contribution is 2.10. The Bertz CT molecular complexity index is 356. The summed E-state index contributed by atoms with van der Waals surface area (Å²) in [5.41, 5.74) is 0. The van der Waals surface area contributed by atoms with Crippen LogP contribution in [0.3, 0.4) is 0 Å². The van der Waals surface area contributed by atoms with Crippen LogP contribution in [0.2, 0.25) is 0 Å². The number of rotatable bonds is 27. The summed E-state index contributed by atoms with van der Waals surface area (Å²) in [6.45, 7) is 6.64. The molecule has 0 aliphatic heterocycles. The molecule has 0 saturated heterocycles. The molecule has 32 heavy (non-hydrogen) atoms. The predicted octanol–water partition coefficient (Wildman–Crippen LogP) is 8.78. The number of unbranched alkanes of at least 4 members (excludes halogenated alkanes) is 17. The Kier molecular flexibility index (Phi) is 28.3. The average molecular weight is 455 g/mol. The molecule has 0 aromatic rings. The number of ether oxygens (including phenoxy) is 2. The number of allylic oxidation sites excluding steroid dienone is 2. The zero-order valence-corrected chi connectivity index (χ0v) is 22.0. The Hall–Kier alpha value is -0.380. The van der Waals surface area contributed by atoms with Gasteiger partial charge >= 0.3 is 0 Å². The molecule has 0 radical (unpaired) electrons. The number of hydrogen-bond acceptors (Lipinski definition) is 3. The van der Waals surface area contributed by atoms with Crippen LogP contribution >= 0.6 is 0 Å². The van der Waals surface area contributed by atoms with Crippen molar-refractivity contribution in [3.05, 3.63) is 12.2 Å². The molecular weight excluding hydrogens is 396 g/mol. The summed E-state index contributed by atoms with van der Waals surface area (Å²) in [6, 6.07) is 0. The van der Waals surface area contributed by atoms with Crippen molar-refractivity contribution in [3.63, 3.8) is 0 Å². The summed E-state index contributed by atoms with van der Waals surface area (Å²) in [6.07, 6.45) is 30.8. The summed E-state index contributed by atoms with van der Waals surface area (Å²) in [5.74, 6) is 0. The minimum Gasteiger partial charge on any atom is -0.394 e. The molecule has 1 atom stereocenters. The molecule has 192 valence electrons. The zero-order chi connectivity index (χ0) is 23.4. The number of hydrogen-bond donors (Lipinski definition) is 1. The highest BCUT2D eigenvalue weighted by Gasteiger charge is 2.07. The van der Waals surface area contributed by atoms with E-state index in [0.29, 0.717) is 6.61 Å². The molecule has 0 aliphatic rings. The van der Waals surface area contributed by atoms with Crippen LogP contribution < -0.4 is 0 Å². The fourth-order valence-corrected chi connectivity index (χ4v) is 3.95. The van der Waals surface area contributed by atoms with Gasteiger partial charge in [0.2, 0.25) is 0 Å². The average Bonchev–Trinajstić information content (AvgIpc) is 2.81. The molecule has 3 heteroatoms. The van der Waals surface area contributed by atoms with Crippen molar-refractivity contribution in [2.24, 2.45) is 0 Å². The smallest absolute Gasteiger partial charge is 0.104 e. The Morgan fingerprint density at radius 3 is 1.50 bits per heavy atom. The minimum absolute atomic E-state index is 0.0584. The fourth-order valence-electron chi connectivity index (χ4n) is 3.95. The minimum atomic E-state index is -0.154. The third kappa shape index (κ3) is 25.9. The third-order valence-corrected chi connectivity index (χ3v) is 6.16. The van der Waals surface area contributed by atoms with Crippen molar-refractivity contribution in [1.82, 2.24) is 0 Å². The molecule has 0 saturated carbocycles. The van der Waals surface area contributed by atoms with Crippen LogP contribution in [0.15, 0.2) is 12.2 Å². The van der Waals surface area contributed by atoms with E-state index in [0.717, 1.165) is 26.1 Å². The Balaban J connectivity index is 3.29. The second-order valence-electron chi connectivity index (χ2n) is 9.46. The van der Waals surface area contributed by atoms with E-state index in [9.17, 15) is 5.11 Å². The SMILES string of the molecule is CCCCCCCC/C=C\CCCCCCCCOC(CO)COCCCCCCCC. The van der Waals surface area contributed by atoms with Crippen LogP contribution in [0.4, 0.5) is 0 Å². The molecule has 0 rings (SSSR count). The molecule has 0 spiro atoms. The highest BCUT2D eigenvalue weighted by molar-refractivity contribution is 4.81. The Morgan fingerprint density at radius 1 is 0.562 bits per heavy atom. The molecule has 1 N–H and O–H groups in total. The largest absolute Gasteiger partial charge is 0.394 e. The van der Waals surface area contributed by atoms with E-state index in [-0.39, 0.29) is 12.7 Å². The van der Waals surface area contributed by atoms with Crippen molar-refractivity contribution in [3.8, 4) is 0 Å². The van der Waals surface area contributed by atoms with Gasteiger partial charge in [0, 0.05) is 13.2 Å². The molecule has 0 aromatic carbocycles. The normalized spacial score (nSPS) is 12.7. The Labute approximate surface area is 201 Å². The van der Waals surface area contributed by atoms with Crippen LogP contribution in [-0.4, -0.2) is 37.6 Å². The van der Waals surface area contributed by atoms with Gasteiger partial charge in [-0.2, -0.15) is 0 Å². The molecule has 0 fully saturated rings. The van der Waals surface area contributed by atoms with Gasteiger partial charge in [-0.15, -0.1) is 0 Å². The molecular formula is C29H58O3. The monoisotopic (exact) mass is 454 g/mol. The van der Waals surface area contributed by atoms with Gasteiger partial charge in [-0.05, 0) is 38.5 Å². The van der Waals surface area contributed by atoms with Crippen molar-refractivity contribution in [1.29, 1.82) is 0 Å². The van der Waals surface area contributed by atoms with Gasteiger partial charge in [0.05, 0.1) is 13.2 Å². The molecule has 0 heterocycles. The molecule has 3 nitrogen and oxygen atoms in total. The van der Waals surface area contributed by atoms with Crippen LogP contribution in [-0.2, 0) is 9.47 Å². The highest BCUT2D eigenvalue weighted by atomic mass is 16.5. The molecule has 1 unspecified atom stereocenters. The molecule has 0 amide bonds. The van der Waals surface area contributed by atoms with Crippen molar-refractivity contribution in [2.45, 2.75) is 148 Å². The molecule has 0 aromatic heterocycles. The summed E-state index contributed by atoms with van der Waals surface area (Å²) >= 11 is 0. The van der Waals surface area contributed by atoms with E-state index in [1.54, 1.807) is 0 Å². The lowest BCUT2D eigenvalue weighted by Gasteiger charge is -2.15. The zero-order valence-electron chi connectivity index (χ0n) is 22.0. The first-order valence-corrected chi connectivity index (χ1v) is 14.3. The van der Waals surface area contributed by atoms with Crippen molar-refractivity contribution in [2.75, 3.05) is 26.4 Å². The van der Waals surface area contributed by atoms with Crippen molar-refractivity contribution >= 4 is 0 Å². The fraction of sp³-hybridized carbons (Fsp3) is 0.931. The van der Waals surface area contributed by atoms with Gasteiger partial charge in [-0.25, -0.2) is 0 Å². The predicted molar refractivity (Wildman–Crippen MR) is 140 cm³/mol. The van der Waals surface area contributed by atoms with Gasteiger partial charge in [0.1, 0.15) is 6.10 Å². The van der Waals surface area contributed by atoms with Crippen LogP contribution in [0.1, 0.15) is 142 Å². The third-order valence-electron chi connectivity index (χ3n) is 6.16. The van der Waals surface area contributed by atoms with E-state index < -0.39 is 0 Å². The van der Waals surface area contributed by atoms with E-state index in [2.05, 4.69) is 26.0 Å². The van der Waals surface area contributed by atoms with E-state index in [1.165, 1.54) is 116 Å². The van der Waals surface area contributed by atoms with Crippen LogP contribution in [0, 0.1) is 0 Å². The molecule has 0 aliphatic carbocycles. The quantitative estimate of drug-likeness (QED) is 0.0995. The second kappa shape index (κ2) is 28.7. The lowest BCUT2D eigenvalue weighted by Crippen LogP contribution is -2.24. The van der Waals surface area contributed by atoms with Gasteiger partial charge in [-0.1, -0.05) is 116 Å². The lowest BCUT2D eigenvalue weighted by atomic mass is 10.1. The number of aliphatic hydroxyl groups excluding tert-OH is 1. The topological polar surface area (TPSA) is 38.7 Å². The van der Waals surface area contributed by atoms with Gasteiger partial charge in [0.25, 0.3) is 0 Å². The number of aliphatic hydroxyl groups is 1. The van der Waals surface area contributed by atoms with Gasteiger partial charge in [0.15, 0.2) is 0 Å². The summed E-state index contributed by atoms with van der Waals surface area (Å²) in [5, 5.41) is 9.45. The van der Waals surface area contributed by atoms with Crippen molar-refractivity contribution < 1.29 is 14.6 Å². The van der Waals surface area contributed by atoms with Gasteiger partial charge in [-0.3, -0.25) is 0 Å². The maximum atomic E-state index is 9.45. The second-order valence-corrected chi connectivity index (χ2v) is 9.46. The maximum absolute atomic E-state index is 9.45. The molecule has 0 bridgehead atoms. The van der Waals surface area contributed by atoms with Gasteiger partial charge < -0.3 is 14.6 Å². The van der Waals surface area contributed by atoms with E-state index >= 15 is 0 Å². The first kappa shape index (κ1) is 31.6. The standard InChI is InChI=1S/C29H58O3/c1-3-5-7-9-11-12-13-14-15-16-17-18-19-20-22-24-26-32-29(27-30)28-31-25-23-21-10-8-6-4-2/h14-15,29-30H,3-13,16-28H2,1-2H3/b15-14-. The lowest BCUT2D eigenvalue weighted by molar-refractivity contribution is -0.0437.